The number of aromatic nitrogens is 3. The predicted molar refractivity (Wildman–Crippen MR) is 93.0 cm³/mol. The van der Waals surface area contributed by atoms with Crippen molar-refractivity contribution in [1.82, 2.24) is 14.5 Å². The van der Waals surface area contributed by atoms with E-state index in [1.54, 1.807) is 0 Å². The summed E-state index contributed by atoms with van der Waals surface area (Å²) < 4.78 is 8.01. The number of carbonyl (C=O) groups excluding carboxylic acids is 1. The molecule has 6 nitrogen and oxygen atoms in total. The number of nitrogen functional groups attached to an aromatic ring is 1. The molecular formula is C16H17BrN4O2. The zero-order valence-electron chi connectivity index (χ0n) is 12.8. The summed E-state index contributed by atoms with van der Waals surface area (Å²) in [7, 11) is 0. The smallest absolute Gasteiger partial charge is 0.326 e. The highest BCUT2D eigenvalue weighted by molar-refractivity contribution is 9.10. The van der Waals surface area contributed by atoms with Crippen molar-refractivity contribution in [3.8, 4) is 0 Å². The van der Waals surface area contributed by atoms with Crippen LogP contribution in [-0.2, 0) is 16.1 Å². The van der Waals surface area contributed by atoms with Gasteiger partial charge in [-0.3, -0.25) is 4.79 Å². The van der Waals surface area contributed by atoms with Crippen LogP contribution in [0.1, 0.15) is 19.8 Å². The van der Waals surface area contributed by atoms with E-state index in [1.807, 2.05) is 22.8 Å². The number of ether oxygens (including phenoxy) is 1. The summed E-state index contributed by atoms with van der Waals surface area (Å²) >= 11 is 3.46. The van der Waals surface area contributed by atoms with Gasteiger partial charge in [-0.1, -0.05) is 35.3 Å². The Labute approximate surface area is 141 Å². The van der Waals surface area contributed by atoms with Gasteiger partial charge in [0.1, 0.15) is 24.3 Å². The maximum atomic E-state index is 12.1. The van der Waals surface area contributed by atoms with Crippen LogP contribution < -0.4 is 5.73 Å². The van der Waals surface area contributed by atoms with Gasteiger partial charge in [0.25, 0.3) is 0 Å². The second kappa shape index (κ2) is 6.54. The van der Waals surface area contributed by atoms with Crippen molar-refractivity contribution in [3.05, 3.63) is 29.0 Å². The van der Waals surface area contributed by atoms with E-state index < -0.39 is 0 Å². The van der Waals surface area contributed by atoms with Gasteiger partial charge in [-0.15, -0.1) is 0 Å². The van der Waals surface area contributed by atoms with Crippen LogP contribution in [0.25, 0.3) is 21.9 Å². The normalized spacial score (nSPS) is 11.2. The maximum Gasteiger partial charge on any atom is 0.326 e. The molecule has 23 heavy (non-hydrogen) atoms. The van der Waals surface area contributed by atoms with Crippen molar-refractivity contribution in [1.29, 1.82) is 0 Å². The molecule has 0 aliphatic rings. The molecule has 0 aliphatic heterocycles. The lowest BCUT2D eigenvalue weighted by Gasteiger charge is -2.07. The average Bonchev–Trinajstić information content (AvgIpc) is 2.82. The summed E-state index contributed by atoms with van der Waals surface area (Å²) in [5, 5.41) is 1.68. The highest BCUT2D eigenvalue weighted by Crippen LogP contribution is 2.32. The molecule has 0 saturated carbocycles. The van der Waals surface area contributed by atoms with E-state index in [9.17, 15) is 4.79 Å². The number of hydrogen-bond acceptors (Lipinski definition) is 5. The van der Waals surface area contributed by atoms with Crippen molar-refractivity contribution in [2.45, 2.75) is 26.3 Å². The molecule has 0 aliphatic carbocycles. The summed E-state index contributed by atoms with van der Waals surface area (Å²) in [5.41, 5.74) is 7.52. The van der Waals surface area contributed by atoms with Crippen LogP contribution in [0.15, 0.2) is 29.0 Å². The van der Waals surface area contributed by atoms with Gasteiger partial charge in [0.05, 0.1) is 17.5 Å². The van der Waals surface area contributed by atoms with E-state index in [0.29, 0.717) is 18.1 Å². The first-order valence-electron chi connectivity index (χ1n) is 7.45. The van der Waals surface area contributed by atoms with Gasteiger partial charge in [0.15, 0.2) is 0 Å². The van der Waals surface area contributed by atoms with Crippen molar-refractivity contribution >= 4 is 49.7 Å². The Morgan fingerprint density at radius 1 is 1.39 bits per heavy atom. The van der Waals surface area contributed by atoms with Gasteiger partial charge < -0.3 is 15.0 Å². The lowest BCUT2D eigenvalue weighted by Crippen LogP contribution is -2.14. The first-order chi connectivity index (χ1) is 11.1. The lowest BCUT2D eigenvalue weighted by atomic mass is 10.2. The number of benzene rings is 1. The highest BCUT2D eigenvalue weighted by atomic mass is 79.9. The summed E-state index contributed by atoms with van der Waals surface area (Å²) in [6.45, 7) is 2.59. The SMILES string of the molecule is CCCCOC(=O)Cn1c2cc(Br)ccc2c2c(N)ncnc21. The second-order valence-electron chi connectivity index (χ2n) is 5.28. The van der Waals surface area contributed by atoms with Gasteiger partial charge >= 0.3 is 5.97 Å². The zero-order chi connectivity index (χ0) is 16.4. The van der Waals surface area contributed by atoms with E-state index in [-0.39, 0.29) is 12.5 Å². The van der Waals surface area contributed by atoms with Crippen molar-refractivity contribution in [2.24, 2.45) is 0 Å². The number of nitrogens with zero attached hydrogens (tertiary/aromatic N) is 3. The topological polar surface area (TPSA) is 83.0 Å². The fraction of sp³-hybridized carbons (Fsp3) is 0.312. The fourth-order valence-corrected chi connectivity index (χ4v) is 2.92. The van der Waals surface area contributed by atoms with Gasteiger partial charge in [-0.2, -0.15) is 0 Å². The quantitative estimate of drug-likeness (QED) is 0.545. The molecule has 0 bridgehead atoms. The van der Waals surface area contributed by atoms with Crippen molar-refractivity contribution < 1.29 is 9.53 Å². The molecule has 2 N–H and O–H groups in total. The molecule has 0 radical (unpaired) electrons. The minimum Gasteiger partial charge on any atom is -0.464 e. The molecule has 1 aromatic carbocycles. The minimum absolute atomic E-state index is 0.0939. The van der Waals surface area contributed by atoms with E-state index in [4.69, 9.17) is 10.5 Å². The summed E-state index contributed by atoms with van der Waals surface area (Å²) in [4.78, 5) is 20.5. The molecule has 0 amide bonds. The molecule has 0 spiro atoms. The Morgan fingerprint density at radius 2 is 2.22 bits per heavy atom. The van der Waals surface area contributed by atoms with E-state index in [0.717, 1.165) is 33.6 Å². The Balaban J connectivity index is 2.08. The molecule has 3 aromatic rings. The predicted octanol–water partition coefficient (Wildman–Crippen LogP) is 3.27. The van der Waals surface area contributed by atoms with E-state index in [2.05, 4.69) is 32.8 Å². The molecule has 0 saturated heterocycles. The molecule has 0 unspecified atom stereocenters. The average molecular weight is 377 g/mol. The number of hydrogen-bond donors (Lipinski definition) is 1. The monoisotopic (exact) mass is 376 g/mol. The van der Waals surface area contributed by atoms with Gasteiger partial charge in [-0.05, 0) is 18.6 Å². The third kappa shape index (κ3) is 3.01. The van der Waals surface area contributed by atoms with Crippen LogP contribution in [-0.4, -0.2) is 27.1 Å². The summed E-state index contributed by atoms with van der Waals surface area (Å²) in [5.74, 6) is 0.120. The van der Waals surface area contributed by atoms with Crippen molar-refractivity contribution in [2.75, 3.05) is 12.3 Å². The molecule has 2 heterocycles. The molecule has 120 valence electrons. The van der Waals surface area contributed by atoms with Crippen LogP contribution >= 0.6 is 15.9 Å². The second-order valence-corrected chi connectivity index (χ2v) is 6.19. The first-order valence-corrected chi connectivity index (χ1v) is 8.24. The molecule has 2 aromatic heterocycles. The lowest BCUT2D eigenvalue weighted by molar-refractivity contribution is -0.144. The number of anilines is 1. The minimum atomic E-state index is -0.283. The van der Waals surface area contributed by atoms with E-state index in [1.165, 1.54) is 6.33 Å². The third-order valence-electron chi connectivity index (χ3n) is 3.68. The fourth-order valence-electron chi connectivity index (χ4n) is 2.57. The number of carbonyl (C=O) groups is 1. The first kappa shape index (κ1) is 15.7. The number of esters is 1. The van der Waals surface area contributed by atoms with Crippen LogP contribution in [0.2, 0.25) is 0 Å². The van der Waals surface area contributed by atoms with Crippen LogP contribution in [0.3, 0.4) is 0 Å². The van der Waals surface area contributed by atoms with Gasteiger partial charge in [-0.25, -0.2) is 9.97 Å². The number of halogens is 1. The Morgan fingerprint density at radius 3 is 3.00 bits per heavy atom. The van der Waals surface area contributed by atoms with Crippen LogP contribution in [0.4, 0.5) is 5.82 Å². The molecule has 7 heteroatoms. The number of nitrogens with two attached hydrogens (primary N) is 1. The Bertz CT molecular complexity index is 875. The van der Waals surface area contributed by atoms with Gasteiger partial charge in [0, 0.05) is 9.86 Å². The van der Waals surface area contributed by atoms with Crippen LogP contribution in [0, 0.1) is 0 Å². The third-order valence-corrected chi connectivity index (χ3v) is 4.17. The summed E-state index contributed by atoms with van der Waals surface area (Å²) in [6.07, 6.45) is 3.25. The van der Waals surface area contributed by atoms with E-state index >= 15 is 0 Å². The van der Waals surface area contributed by atoms with Gasteiger partial charge in [0.2, 0.25) is 0 Å². The zero-order valence-corrected chi connectivity index (χ0v) is 14.3. The Kier molecular flexibility index (Phi) is 4.47. The molecule has 0 fully saturated rings. The number of fused-ring (bicyclic) bond motifs is 3. The maximum absolute atomic E-state index is 12.1. The van der Waals surface area contributed by atoms with Crippen LogP contribution in [0.5, 0.6) is 0 Å². The highest BCUT2D eigenvalue weighted by Gasteiger charge is 2.17. The summed E-state index contributed by atoms with van der Waals surface area (Å²) in [6, 6.07) is 5.81. The standard InChI is InChI=1S/C16H17BrN4O2/c1-2-3-6-23-13(22)8-21-12-7-10(17)4-5-11(12)14-15(18)19-9-20-16(14)21/h4-5,7,9H,2-3,6,8H2,1H3,(H2,18,19,20). The van der Waals surface area contributed by atoms with Crippen molar-refractivity contribution in [3.63, 3.8) is 0 Å². The Hall–Kier alpha value is -2.15. The molecular weight excluding hydrogens is 360 g/mol. The molecule has 0 atom stereocenters. The molecule has 3 rings (SSSR count). The number of rotatable bonds is 5. The largest absolute Gasteiger partial charge is 0.464 e. The number of unbranched alkanes of at least 4 members (excludes halogenated alkanes) is 1.